The van der Waals surface area contributed by atoms with Crippen molar-refractivity contribution in [3.63, 3.8) is 0 Å². The van der Waals surface area contributed by atoms with Crippen molar-refractivity contribution in [1.29, 1.82) is 0 Å². The lowest BCUT2D eigenvalue weighted by Crippen LogP contribution is -2.72. The minimum absolute atomic E-state index is 0.384. The summed E-state index contributed by atoms with van der Waals surface area (Å²) in [6.07, 6.45) is 6.79. The molecule has 2 saturated heterocycles. The average Bonchev–Trinajstić information content (AvgIpc) is 3.26. The molecule has 0 amide bonds. The maximum atomic E-state index is 6.05. The second-order valence-electron chi connectivity index (χ2n) is 8.55. The molecule has 4 aliphatic rings. The van der Waals surface area contributed by atoms with Gasteiger partial charge in [0.05, 0.1) is 11.8 Å². The quantitative estimate of drug-likeness (QED) is 0.568. The third-order valence-corrected chi connectivity index (χ3v) is 7.94. The number of hydrogen-bond acceptors (Lipinski definition) is 3. The van der Waals surface area contributed by atoms with Gasteiger partial charge in [0, 0.05) is 54.6 Å². The van der Waals surface area contributed by atoms with E-state index in [1.54, 1.807) is 0 Å². The molecule has 4 fully saturated rings. The zero-order chi connectivity index (χ0) is 18.4. The highest BCUT2D eigenvalue weighted by Gasteiger charge is 2.66. The summed E-state index contributed by atoms with van der Waals surface area (Å²) >= 11 is 3.68. The standard InChI is InChI=1S/C21H29BrN4O/c1-23-20(25-18-15-8-12-27-19(15)21(18)9-4-10-21)24-14-7-11-26(13-14)17-6-3-2-5-16(17)22/h2-3,5-6,14-15,18-19H,4,7-13H2,1H3,(H2,23,24,25). The Hall–Kier alpha value is -1.27. The molecule has 5 nitrogen and oxygen atoms in total. The van der Waals surface area contributed by atoms with Crippen LogP contribution in [0.1, 0.15) is 32.1 Å². The van der Waals surface area contributed by atoms with E-state index in [4.69, 9.17) is 4.74 Å². The zero-order valence-corrected chi connectivity index (χ0v) is 17.5. The molecule has 27 heavy (non-hydrogen) atoms. The molecule has 6 heteroatoms. The first-order valence-corrected chi connectivity index (χ1v) is 11.1. The third kappa shape index (κ3) is 2.87. The Kier molecular flexibility index (Phi) is 4.59. The molecule has 0 radical (unpaired) electrons. The van der Waals surface area contributed by atoms with E-state index >= 15 is 0 Å². The molecule has 2 N–H and O–H groups in total. The lowest BCUT2D eigenvalue weighted by Gasteiger charge is -2.63. The van der Waals surface area contributed by atoms with Crippen molar-refractivity contribution in [3.05, 3.63) is 28.7 Å². The van der Waals surface area contributed by atoms with Gasteiger partial charge in [0.2, 0.25) is 0 Å². The Bertz CT molecular complexity index is 735. The molecular formula is C21H29BrN4O. The van der Waals surface area contributed by atoms with Gasteiger partial charge in [0.15, 0.2) is 5.96 Å². The number of guanidine groups is 1. The van der Waals surface area contributed by atoms with Gasteiger partial charge in [-0.3, -0.25) is 4.99 Å². The van der Waals surface area contributed by atoms with Gasteiger partial charge in [-0.15, -0.1) is 0 Å². The molecular weight excluding hydrogens is 404 g/mol. The fraction of sp³-hybridized carbons (Fsp3) is 0.667. The second kappa shape index (κ2) is 6.96. The first-order chi connectivity index (χ1) is 13.2. The van der Waals surface area contributed by atoms with Gasteiger partial charge >= 0.3 is 0 Å². The van der Waals surface area contributed by atoms with E-state index in [2.05, 4.69) is 60.7 Å². The molecule has 0 aromatic heterocycles. The van der Waals surface area contributed by atoms with E-state index < -0.39 is 0 Å². The Morgan fingerprint density at radius 2 is 2.11 bits per heavy atom. The monoisotopic (exact) mass is 432 g/mol. The normalized spacial score (nSPS) is 34.1. The molecule has 2 heterocycles. The van der Waals surface area contributed by atoms with Gasteiger partial charge in [-0.2, -0.15) is 0 Å². The number of anilines is 1. The van der Waals surface area contributed by atoms with Crippen molar-refractivity contribution in [1.82, 2.24) is 10.6 Å². The van der Waals surface area contributed by atoms with E-state index in [0.29, 0.717) is 29.5 Å². The molecule has 1 spiro atoms. The minimum Gasteiger partial charge on any atom is -0.377 e. The molecule has 5 rings (SSSR count). The second-order valence-corrected chi connectivity index (χ2v) is 9.41. The van der Waals surface area contributed by atoms with Gasteiger partial charge in [0.25, 0.3) is 0 Å². The molecule has 1 aromatic rings. The number of benzene rings is 1. The summed E-state index contributed by atoms with van der Waals surface area (Å²) in [4.78, 5) is 7.00. The van der Waals surface area contributed by atoms with Gasteiger partial charge in [-0.1, -0.05) is 18.6 Å². The summed E-state index contributed by atoms with van der Waals surface area (Å²) < 4.78 is 7.22. The maximum absolute atomic E-state index is 6.05. The Balaban J connectivity index is 1.21. The number of para-hydroxylation sites is 1. The highest BCUT2D eigenvalue weighted by molar-refractivity contribution is 9.10. The molecule has 2 aliphatic heterocycles. The predicted molar refractivity (Wildman–Crippen MR) is 112 cm³/mol. The minimum atomic E-state index is 0.384. The van der Waals surface area contributed by atoms with Crippen LogP contribution in [0.2, 0.25) is 0 Å². The van der Waals surface area contributed by atoms with Gasteiger partial charge in [0.1, 0.15) is 0 Å². The van der Waals surface area contributed by atoms with E-state index in [0.717, 1.165) is 32.1 Å². The van der Waals surface area contributed by atoms with E-state index in [9.17, 15) is 0 Å². The number of ether oxygens (including phenoxy) is 1. The fourth-order valence-corrected chi connectivity index (χ4v) is 6.31. The Morgan fingerprint density at radius 3 is 2.85 bits per heavy atom. The van der Waals surface area contributed by atoms with Crippen molar-refractivity contribution >= 4 is 27.6 Å². The predicted octanol–water partition coefficient (Wildman–Crippen LogP) is 3.15. The number of hydrogen-bond donors (Lipinski definition) is 2. The van der Waals surface area contributed by atoms with Crippen molar-refractivity contribution < 1.29 is 4.74 Å². The summed E-state index contributed by atoms with van der Waals surface area (Å²) in [5.41, 5.74) is 1.66. The summed E-state index contributed by atoms with van der Waals surface area (Å²) in [7, 11) is 1.89. The van der Waals surface area contributed by atoms with Crippen LogP contribution in [0.3, 0.4) is 0 Å². The van der Waals surface area contributed by atoms with Crippen LogP contribution in [-0.4, -0.2) is 50.9 Å². The molecule has 4 atom stereocenters. The molecule has 4 unspecified atom stereocenters. The molecule has 2 aliphatic carbocycles. The summed E-state index contributed by atoms with van der Waals surface area (Å²) in [6.45, 7) is 3.02. The van der Waals surface area contributed by atoms with Crippen LogP contribution < -0.4 is 15.5 Å². The largest absolute Gasteiger partial charge is 0.377 e. The Labute approximate surface area is 170 Å². The smallest absolute Gasteiger partial charge is 0.191 e. The number of halogens is 1. The highest BCUT2D eigenvalue weighted by atomic mass is 79.9. The lowest BCUT2D eigenvalue weighted by atomic mass is 9.46. The highest BCUT2D eigenvalue weighted by Crippen LogP contribution is 2.62. The summed E-state index contributed by atoms with van der Waals surface area (Å²) in [6, 6.07) is 9.44. The topological polar surface area (TPSA) is 48.9 Å². The van der Waals surface area contributed by atoms with E-state index in [-0.39, 0.29) is 0 Å². The van der Waals surface area contributed by atoms with Crippen LogP contribution in [0.15, 0.2) is 33.7 Å². The zero-order valence-electron chi connectivity index (χ0n) is 16.0. The van der Waals surface area contributed by atoms with Crippen molar-refractivity contribution in [3.8, 4) is 0 Å². The lowest BCUT2D eigenvalue weighted by molar-refractivity contribution is -0.171. The average molecular weight is 433 g/mol. The SMILES string of the molecule is CN=C(NC1CCN(c2ccccc2Br)C1)NC1C2CCOC2C12CCC2. The van der Waals surface area contributed by atoms with Crippen molar-refractivity contribution in [2.75, 3.05) is 31.6 Å². The van der Waals surface area contributed by atoms with Gasteiger partial charge in [-0.05, 0) is 53.7 Å². The number of aliphatic imine (C=N–C) groups is 1. The van der Waals surface area contributed by atoms with Gasteiger partial charge in [-0.25, -0.2) is 0 Å². The molecule has 0 bridgehead atoms. The van der Waals surface area contributed by atoms with Crippen LogP contribution >= 0.6 is 15.9 Å². The number of nitrogens with one attached hydrogen (secondary N) is 2. The van der Waals surface area contributed by atoms with Crippen LogP contribution in [0.5, 0.6) is 0 Å². The van der Waals surface area contributed by atoms with Crippen molar-refractivity contribution in [2.24, 2.45) is 16.3 Å². The van der Waals surface area contributed by atoms with E-state index in [1.807, 2.05) is 7.05 Å². The van der Waals surface area contributed by atoms with Gasteiger partial charge < -0.3 is 20.3 Å². The molecule has 2 saturated carbocycles. The Morgan fingerprint density at radius 1 is 1.26 bits per heavy atom. The fourth-order valence-electron chi connectivity index (χ4n) is 5.77. The summed E-state index contributed by atoms with van der Waals surface area (Å²) in [5.74, 6) is 1.64. The van der Waals surface area contributed by atoms with Crippen LogP contribution in [0, 0.1) is 11.3 Å². The van der Waals surface area contributed by atoms with Crippen molar-refractivity contribution in [2.45, 2.75) is 50.3 Å². The number of nitrogens with zero attached hydrogens (tertiary/aromatic N) is 2. The first-order valence-electron chi connectivity index (χ1n) is 10.3. The van der Waals surface area contributed by atoms with Crippen LogP contribution in [0.4, 0.5) is 5.69 Å². The van der Waals surface area contributed by atoms with E-state index in [1.165, 1.54) is 35.8 Å². The van der Waals surface area contributed by atoms with Crippen LogP contribution in [-0.2, 0) is 4.74 Å². The number of fused-ring (bicyclic) bond motifs is 2. The number of rotatable bonds is 3. The molecule has 1 aromatic carbocycles. The summed E-state index contributed by atoms with van der Waals surface area (Å²) in [5, 5.41) is 7.48. The molecule has 146 valence electrons. The maximum Gasteiger partial charge on any atom is 0.191 e. The first kappa shape index (κ1) is 17.8. The van der Waals surface area contributed by atoms with Crippen LogP contribution in [0.25, 0.3) is 0 Å². The third-order valence-electron chi connectivity index (χ3n) is 7.27.